The predicted octanol–water partition coefficient (Wildman–Crippen LogP) is 3.47. The Balaban J connectivity index is 2.59. The molecular weight excluding hydrogens is 300 g/mol. The minimum absolute atomic E-state index is 0.0195. The number of halogens is 2. The van der Waals surface area contributed by atoms with Gasteiger partial charge in [-0.05, 0) is 19.1 Å². The standard InChI is InChI=1S/C14H11F2NO3S/c1-3-20-14(19)11-12(7(2)18)21-13(17-11)10-8(15)5-4-6-9(10)16/h4-6H,3H2,1-2H3. The number of carbonyl (C=O) groups is 2. The van der Waals surface area contributed by atoms with Crippen molar-refractivity contribution in [2.75, 3.05) is 6.61 Å². The topological polar surface area (TPSA) is 56.3 Å². The second-order valence-electron chi connectivity index (χ2n) is 4.07. The van der Waals surface area contributed by atoms with Gasteiger partial charge in [0.25, 0.3) is 0 Å². The van der Waals surface area contributed by atoms with Crippen molar-refractivity contribution in [2.45, 2.75) is 13.8 Å². The number of thiazole rings is 1. The molecular formula is C14H11F2NO3S. The number of Topliss-reactive ketones (excluding diaryl/α,β-unsaturated/α-hetero) is 1. The highest BCUT2D eigenvalue weighted by Crippen LogP contribution is 2.32. The normalized spacial score (nSPS) is 10.5. The van der Waals surface area contributed by atoms with Gasteiger partial charge in [-0.2, -0.15) is 0 Å². The summed E-state index contributed by atoms with van der Waals surface area (Å²) in [6.45, 7) is 2.96. The van der Waals surface area contributed by atoms with Gasteiger partial charge in [0.15, 0.2) is 11.5 Å². The number of ketones is 1. The quantitative estimate of drug-likeness (QED) is 0.641. The minimum Gasteiger partial charge on any atom is -0.461 e. The summed E-state index contributed by atoms with van der Waals surface area (Å²) in [5, 5.41) is -0.0705. The summed E-state index contributed by atoms with van der Waals surface area (Å²) in [5.41, 5.74) is -0.576. The molecule has 21 heavy (non-hydrogen) atoms. The van der Waals surface area contributed by atoms with Crippen LogP contribution in [0.2, 0.25) is 0 Å². The van der Waals surface area contributed by atoms with Crippen molar-refractivity contribution in [3.05, 3.63) is 40.4 Å². The number of rotatable bonds is 4. The lowest BCUT2D eigenvalue weighted by atomic mass is 10.2. The van der Waals surface area contributed by atoms with Gasteiger partial charge in [0.05, 0.1) is 12.2 Å². The molecule has 0 spiro atoms. The molecule has 1 aromatic carbocycles. The number of benzene rings is 1. The van der Waals surface area contributed by atoms with Crippen molar-refractivity contribution in [3.63, 3.8) is 0 Å². The van der Waals surface area contributed by atoms with E-state index in [9.17, 15) is 18.4 Å². The van der Waals surface area contributed by atoms with Crippen LogP contribution in [0, 0.1) is 11.6 Å². The van der Waals surface area contributed by atoms with Crippen LogP contribution < -0.4 is 0 Å². The number of carbonyl (C=O) groups excluding carboxylic acids is 2. The lowest BCUT2D eigenvalue weighted by Gasteiger charge is -2.00. The lowest BCUT2D eigenvalue weighted by molar-refractivity contribution is 0.0517. The monoisotopic (exact) mass is 311 g/mol. The van der Waals surface area contributed by atoms with Gasteiger partial charge in [-0.25, -0.2) is 18.6 Å². The van der Waals surface area contributed by atoms with E-state index >= 15 is 0 Å². The molecule has 0 saturated heterocycles. The Morgan fingerprint density at radius 3 is 2.43 bits per heavy atom. The summed E-state index contributed by atoms with van der Waals surface area (Å²) in [5.74, 6) is -2.83. The van der Waals surface area contributed by atoms with Crippen LogP contribution in [0.15, 0.2) is 18.2 Å². The molecule has 0 fully saturated rings. The second kappa shape index (κ2) is 6.09. The molecule has 0 unspecified atom stereocenters. The fraction of sp³-hybridized carbons (Fsp3) is 0.214. The molecule has 0 aliphatic carbocycles. The number of aromatic nitrogens is 1. The first-order chi connectivity index (χ1) is 9.95. The van der Waals surface area contributed by atoms with E-state index in [1.54, 1.807) is 6.92 Å². The van der Waals surface area contributed by atoms with Crippen molar-refractivity contribution in [1.29, 1.82) is 0 Å². The number of esters is 1. The number of hydrogen-bond donors (Lipinski definition) is 0. The van der Waals surface area contributed by atoms with Crippen molar-refractivity contribution >= 4 is 23.1 Å². The fourth-order valence-corrected chi connectivity index (χ4v) is 2.70. The van der Waals surface area contributed by atoms with Crippen molar-refractivity contribution in [2.24, 2.45) is 0 Å². The Kier molecular flexibility index (Phi) is 4.42. The van der Waals surface area contributed by atoms with E-state index in [2.05, 4.69) is 4.98 Å². The molecule has 0 bridgehead atoms. The Labute approximate surface area is 123 Å². The SMILES string of the molecule is CCOC(=O)c1nc(-c2c(F)cccc2F)sc1C(C)=O. The van der Waals surface area contributed by atoms with Gasteiger partial charge in [0, 0.05) is 6.92 Å². The predicted molar refractivity (Wildman–Crippen MR) is 73.4 cm³/mol. The molecule has 0 saturated carbocycles. The molecule has 0 amide bonds. The number of ether oxygens (including phenoxy) is 1. The zero-order chi connectivity index (χ0) is 15.6. The first kappa shape index (κ1) is 15.2. The maximum Gasteiger partial charge on any atom is 0.358 e. The van der Waals surface area contributed by atoms with E-state index in [-0.39, 0.29) is 27.7 Å². The number of hydrogen-bond acceptors (Lipinski definition) is 5. The van der Waals surface area contributed by atoms with Crippen LogP contribution in [0.4, 0.5) is 8.78 Å². The summed E-state index contributed by atoms with van der Waals surface area (Å²) in [4.78, 5) is 27.2. The Morgan fingerprint density at radius 1 is 1.29 bits per heavy atom. The van der Waals surface area contributed by atoms with E-state index < -0.39 is 23.4 Å². The van der Waals surface area contributed by atoms with Crippen LogP contribution in [0.5, 0.6) is 0 Å². The molecule has 110 valence electrons. The van der Waals surface area contributed by atoms with Crippen molar-refractivity contribution in [3.8, 4) is 10.6 Å². The highest BCUT2D eigenvalue weighted by atomic mass is 32.1. The van der Waals surface area contributed by atoms with Crippen molar-refractivity contribution in [1.82, 2.24) is 4.98 Å². The molecule has 1 heterocycles. The highest BCUT2D eigenvalue weighted by Gasteiger charge is 2.25. The Bertz CT molecular complexity index is 692. The summed E-state index contributed by atoms with van der Waals surface area (Å²) in [7, 11) is 0. The highest BCUT2D eigenvalue weighted by molar-refractivity contribution is 7.17. The van der Waals surface area contributed by atoms with Crippen LogP contribution in [-0.4, -0.2) is 23.3 Å². The molecule has 0 aliphatic rings. The molecule has 1 aromatic heterocycles. The van der Waals surface area contributed by atoms with Gasteiger partial charge in [-0.15, -0.1) is 11.3 Å². The van der Waals surface area contributed by atoms with E-state index in [1.165, 1.54) is 13.0 Å². The minimum atomic E-state index is -0.811. The van der Waals surface area contributed by atoms with E-state index in [4.69, 9.17) is 4.74 Å². The molecule has 2 rings (SSSR count). The lowest BCUT2D eigenvalue weighted by Crippen LogP contribution is -2.09. The molecule has 7 heteroatoms. The molecule has 2 aromatic rings. The first-order valence-electron chi connectivity index (χ1n) is 6.09. The number of nitrogens with zero attached hydrogens (tertiary/aromatic N) is 1. The molecule has 0 radical (unpaired) electrons. The molecule has 4 nitrogen and oxygen atoms in total. The third-order valence-electron chi connectivity index (χ3n) is 2.59. The summed E-state index contributed by atoms with van der Waals surface area (Å²) in [6, 6.07) is 3.38. The smallest absolute Gasteiger partial charge is 0.358 e. The van der Waals surface area contributed by atoms with E-state index in [0.29, 0.717) is 0 Å². The largest absolute Gasteiger partial charge is 0.461 e. The average Bonchev–Trinajstić information content (AvgIpc) is 2.84. The van der Waals surface area contributed by atoms with E-state index in [0.717, 1.165) is 23.5 Å². The van der Waals surface area contributed by atoms with Crippen LogP contribution >= 0.6 is 11.3 Å². The van der Waals surface area contributed by atoms with Crippen LogP contribution in [0.1, 0.15) is 34.0 Å². The third-order valence-corrected chi connectivity index (χ3v) is 3.77. The molecule has 0 atom stereocenters. The van der Waals surface area contributed by atoms with Gasteiger partial charge in [-0.1, -0.05) is 6.07 Å². The maximum atomic E-state index is 13.8. The van der Waals surface area contributed by atoms with Gasteiger partial charge in [0.2, 0.25) is 0 Å². The molecule has 0 N–H and O–H groups in total. The van der Waals surface area contributed by atoms with Gasteiger partial charge >= 0.3 is 5.97 Å². The summed E-state index contributed by atoms with van der Waals surface area (Å²) >= 11 is 0.762. The van der Waals surface area contributed by atoms with Crippen molar-refractivity contribution < 1.29 is 23.1 Å². The second-order valence-corrected chi connectivity index (χ2v) is 5.07. The zero-order valence-corrected chi connectivity index (χ0v) is 12.1. The van der Waals surface area contributed by atoms with Crippen LogP contribution in [0.3, 0.4) is 0 Å². The first-order valence-corrected chi connectivity index (χ1v) is 6.90. The van der Waals surface area contributed by atoms with Crippen LogP contribution in [0.25, 0.3) is 10.6 Å². The maximum absolute atomic E-state index is 13.8. The van der Waals surface area contributed by atoms with Gasteiger partial charge in [0.1, 0.15) is 21.5 Å². The zero-order valence-electron chi connectivity index (χ0n) is 11.3. The fourth-order valence-electron chi connectivity index (χ4n) is 1.71. The Hall–Kier alpha value is -2.15. The summed E-state index contributed by atoms with van der Waals surface area (Å²) < 4.78 is 32.3. The summed E-state index contributed by atoms with van der Waals surface area (Å²) in [6.07, 6.45) is 0. The van der Waals surface area contributed by atoms with Crippen LogP contribution in [-0.2, 0) is 4.74 Å². The van der Waals surface area contributed by atoms with Gasteiger partial charge < -0.3 is 4.74 Å². The third kappa shape index (κ3) is 2.97. The van der Waals surface area contributed by atoms with E-state index in [1.807, 2.05) is 0 Å². The Morgan fingerprint density at radius 2 is 1.90 bits per heavy atom. The van der Waals surface area contributed by atoms with Gasteiger partial charge in [-0.3, -0.25) is 4.79 Å². The molecule has 0 aliphatic heterocycles. The average molecular weight is 311 g/mol.